The van der Waals surface area contributed by atoms with Crippen molar-refractivity contribution in [1.29, 1.82) is 0 Å². The quantitative estimate of drug-likeness (QED) is 0.841. The molecule has 3 aliphatic rings. The van der Waals surface area contributed by atoms with Gasteiger partial charge in [0, 0.05) is 30.1 Å². The summed E-state index contributed by atoms with van der Waals surface area (Å²) in [5.41, 5.74) is -0.0148. The van der Waals surface area contributed by atoms with Gasteiger partial charge in [0.25, 0.3) is 0 Å². The molecule has 2 aliphatic heterocycles. The molecule has 0 aromatic carbocycles. The molecule has 1 saturated carbocycles. The van der Waals surface area contributed by atoms with Crippen LogP contribution in [-0.2, 0) is 4.79 Å². The van der Waals surface area contributed by atoms with E-state index in [0.717, 1.165) is 32.2 Å². The molecule has 3 fully saturated rings. The first-order chi connectivity index (χ1) is 10.2. The first-order valence-corrected chi connectivity index (χ1v) is 9.25. The lowest BCUT2D eigenvalue weighted by Crippen LogP contribution is -2.53. The third kappa shape index (κ3) is 2.86. The zero-order chi connectivity index (χ0) is 14.9. The van der Waals surface area contributed by atoms with E-state index in [9.17, 15) is 4.79 Å². The number of nitrogens with zero attached hydrogens (tertiary/aromatic N) is 1. The second kappa shape index (κ2) is 6.28. The largest absolute Gasteiger partial charge is 0.339 e. The molecule has 2 saturated heterocycles. The standard InChI is InChI=1S/C18H32N2O/c1-3-11-20(16-12-14-7-8-15(13-16)19-14)17(21)18(4-2)9-5-6-10-18/h14-16,19H,3-13H2,1-2H3. The molecule has 3 rings (SSSR count). The molecule has 0 aromatic rings. The maximum Gasteiger partial charge on any atom is 0.229 e. The van der Waals surface area contributed by atoms with Crippen molar-refractivity contribution in [2.24, 2.45) is 5.41 Å². The number of carbonyl (C=O) groups excluding carboxylic acids is 1. The van der Waals surface area contributed by atoms with Crippen LogP contribution in [0.4, 0.5) is 0 Å². The summed E-state index contributed by atoms with van der Waals surface area (Å²) in [6.07, 6.45) is 11.9. The fourth-order valence-corrected chi connectivity index (χ4v) is 5.05. The molecular weight excluding hydrogens is 260 g/mol. The Morgan fingerprint density at radius 3 is 2.29 bits per heavy atom. The van der Waals surface area contributed by atoms with Gasteiger partial charge in [-0.05, 0) is 51.4 Å². The number of hydrogen-bond donors (Lipinski definition) is 1. The summed E-state index contributed by atoms with van der Waals surface area (Å²) in [5, 5.41) is 3.71. The van der Waals surface area contributed by atoms with Crippen molar-refractivity contribution in [3.63, 3.8) is 0 Å². The molecule has 3 nitrogen and oxygen atoms in total. The lowest BCUT2D eigenvalue weighted by Gasteiger charge is -2.42. The summed E-state index contributed by atoms with van der Waals surface area (Å²) in [5.74, 6) is 0.496. The molecule has 120 valence electrons. The smallest absolute Gasteiger partial charge is 0.229 e. The Morgan fingerprint density at radius 1 is 1.14 bits per heavy atom. The summed E-state index contributed by atoms with van der Waals surface area (Å²) >= 11 is 0. The van der Waals surface area contributed by atoms with Gasteiger partial charge in [0.1, 0.15) is 0 Å². The van der Waals surface area contributed by atoms with E-state index < -0.39 is 0 Å². The SMILES string of the molecule is CCCN(C(=O)C1(CC)CCCC1)C1CC2CCC(C1)N2. The van der Waals surface area contributed by atoms with Crippen LogP contribution in [0.1, 0.15) is 78.1 Å². The van der Waals surface area contributed by atoms with Gasteiger partial charge < -0.3 is 10.2 Å². The number of amides is 1. The van der Waals surface area contributed by atoms with Crippen molar-refractivity contribution >= 4 is 5.91 Å². The van der Waals surface area contributed by atoms with Gasteiger partial charge >= 0.3 is 0 Å². The molecule has 2 heterocycles. The van der Waals surface area contributed by atoms with E-state index in [4.69, 9.17) is 0 Å². The Kier molecular flexibility index (Phi) is 4.58. The maximum absolute atomic E-state index is 13.3. The van der Waals surface area contributed by atoms with Gasteiger partial charge in [-0.1, -0.05) is 26.7 Å². The van der Waals surface area contributed by atoms with E-state index in [2.05, 4.69) is 24.1 Å². The van der Waals surface area contributed by atoms with Crippen molar-refractivity contribution < 1.29 is 4.79 Å². The van der Waals surface area contributed by atoms with E-state index in [1.807, 2.05) is 0 Å². The molecule has 2 unspecified atom stereocenters. The zero-order valence-corrected chi connectivity index (χ0v) is 13.9. The summed E-state index contributed by atoms with van der Waals surface area (Å²) in [6, 6.07) is 1.84. The Bertz CT molecular complexity index is 363. The number of nitrogens with one attached hydrogen (secondary N) is 1. The molecule has 21 heavy (non-hydrogen) atoms. The van der Waals surface area contributed by atoms with Crippen molar-refractivity contribution in [2.45, 2.75) is 96.2 Å². The van der Waals surface area contributed by atoms with E-state index in [-0.39, 0.29) is 5.41 Å². The van der Waals surface area contributed by atoms with E-state index in [1.54, 1.807) is 0 Å². The summed E-state index contributed by atoms with van der Waals surface area (Å²) in [4.78, 5) is 15.6. The number of hydrogen-bond acceptors (Lipinski definition) is 2. The first-order valence-electron chi connectivity index (χ1n) is 9.25. The molecule has 0 radical (unpaired) electrons. The lowest BCUT2D eigenvalue weighted by atomic mass is 9.81. The number of piperidine rings is 1. The summed E-state index contributed by atoms with van der Waals surface area (Å²) < 4.78 is 0. The molecule has 1 N–H and O–H groups in total. The fourth-order valence-electron chi connectivity index (χ4n) is 5.05. The Labute approximate surface area is 129 Å². The van der Waals surface area contributed by atoms with Crippen LogP contribution in [0.25, 0.3) is 0 Å². The molecule has 1 amide bonds. The van der Waals surface area contributed by atoms with Crippen molar-refractivity contribution in [3.8, 4) is 0 Å². The normalized spacial score (nSPS) is 34.1. The molecule has 2 bridgehead atoms. The van der Waals surface area contributed by atoms with Crippen molar-refractivity contribution in [3.05, 3.63) is 0 Å². The van der Waals surface area contributed by atoms with Crippen LogP contribution in [0.5, 0.6) is 0 Å². The van der Waals surface area contributed by atoms with Crippen LogP contribution in [0.15, 0.2) is 0 Å². The van der Waals surface area contributed by atoms with Crippen LogP contribution < -0.4 is 5.32 Å². The minimum absolute atomic E-state index is 0.0148. The molecule has 2 atom stereocenters. The third-order valence-electron chi connectivity index (χ3n) is 6.31. The van der Waals surface area contributed by atoms with Gasteiger partial charge in [-0.25, -0.2) is 0 Å². The highest BCUT2D eigenvalue weighted by atomic mass is 16.2. The Balaban J connectivity index is 1.75. The predicted molar refractivity (Wildman–Crippen MR) is 86.2 cm³/mol. The average Bonchev–Trinajstić information content (AvgIpc) is 3.11. The minimum atomic E-state index is -0.0148. The third-order valence-corrected chi connectivity index (χ3v) is 6.31. The maximum atomic E-state index is 13.3. The average molecular weight is 292 g/mol. The number of carbonyl (C=O) groups is 1. The fraction of sp³-hybridized carbons (Fsp3) is 0.944. The Hall–Kier alpha value is -0.570. The van der Waals surface area contributed by atoms with E-state index in [1.165, 1.54) is 38.5 Å². The molecular formula is C18H32N2O. The summed E-state index contributed by atoms with van der Waals surface area (Å²) in [6.45, 7) is 5.40. The molecule has 0 spiro atoms. The van der Waals surface area contributed by atoms with Crippen LogP contribution in [-0.4, -0.2) is 35.5 Å². The lowest BCUT2D eigenvalue weighted by molar-refractivity contribution is -0.145. The molecule has 3 heteroatoms. The predicted octanol–water partition coefficient (Wildman–Crippen LogP) is 3.48. The molecule has 1 aliphatic carbocycles. The Morgan fingerprint density at radius 2 is 1.76 bits per heavy atom. The van der Waals surface area contributed by atoms with Crippen LogP contribution in [0.2, 0.25) is 0 Å². The monoisotopic (exact) mass is 292 g/mol. The second-order valence-corrected chi connectivity index (χ2v) is 7.60. The topological polar surface area (TPSA) is 32.3 Å². The number of rotatable bonds is 5. The zero-order valence-electron chi connectivity index (χ0n) is 13.9. The van der Waals surface area contributed by atoms with Gasteiger partial charge in [0.05, 0.1) is 0 Å². The van der Waals surface area contributed by atoms with Crippen molar-refractivity contribution in [1.82, 2.24) is 10.2 Å². The second-order valence-electron chi connectivity index (χ2n) is 7.60. The summed E-state index contributed by atoms with van der Waals surface area (Å²) in [7, 11) is 0. The van der Waals surface area contributed by atoms with E-state index >= 15 is 0 Å². The highest BCUT2D eigenvalue weighted by Crippen LogP contribution is 2.43. The van der Waals surface area contributed by atoms with E-state index in [0.29, 0.717) is 24.0 Å². The van der Waals surface area contributed by atoms with Gasteiger partial charge in [0.2, 0.25) is 5.91 Å². The van der Waals surface area contributed by atoms with Gasteiger partial charge in [-0.15, -0.1) is 0 Å². The van der Waals surface area contributed by atoms with Gasteiger partial charge in [0.15, 0.2) is 0 Å². The number of fused-ring (bicyclic) bond motifs is 2. The van der Waals surface area contributed by atoms with Crippen LogP contribution in [0.3, 0.4) is 0 Å². The van der Waals surface area contributed by atoms with Crippen molar-refractivity contribution in [2.75, 3.05) is 6.54 Å². The minimum Gasteiger partial charge on any atom is -0.339 e. The highest BCUT2D eigenvalue weighted by Gasteiger charge is 2.45. The van der Waals surface area contributed by atoms with Crippen LogP contribution >= 0.6 is 0 Å². The van der Waals surface area contributed by atoms with Gasteiger partial charge in [-0.2, -0.15) is 0 Å². The molecule has 0 aromatic heterocycles. The first kappa shape index (κ1) is 15.3. The van der Waals surface area contributed by atoms with Gasteiger partial charge in [-0.3, -0.25) is 4.79 Å². The van der Waals surface area contributed by atoms with Crippen LogP contribution in [0, 0.1) is 5.41 Å². The highest BCUT2D eigenvalue weighted by molar-refractivity contribution is 5.83.